The van der Waals surface area contributed by atoms with E-state index in [4.69, 9.17) is 4.74 Å². The van der Waals surface area contributed by atoms with Crippen LogP contribution in [0.1, 0.15) is 50.5 Å². The Morgan fingerprint density at radius 3 is 2.83 bits per heavy atom. The predicted molar refractivity (Wildman–Crippen MR) is 97.7 cm³/mol. The molecule has 4 nitrogen and oxygen atoms in total. The van der Waals surface area contributed by atoms with Crippen LogP contribution < -0.4 is 10.1 Å². The number of nitrogens with zero attached hydrogens (tertiary/aromatic N) is 1. The number of unbranched alkanes of at least 4 members (excludes halogenated alkanes) is 3. The summed E-state index contributed by atoms with van der Waals surface area (Å²) < 4.78 is 5.42. The summed E-state index contributed by atoms with van der Waals surface area (Å²) in [4.78, 5) is 12.1. The number of para-hydroxylation sites is 1. The third-order valence-corrected chi connectivity index (χ3v) is 5.22. The van der Waals surface area contributed by atoms with Crippen molar-refractivity contribution in [2.24, 2.45) is 0 Å². The first-order valence-corrected chi connectivity index (χ1v) is 9.39. The molecule has 0 fully saturated rings. The Bertz CT molecular complexity index is 649. The number of nitriles is 1. The summed E-state index contributed by atoms with van der Waals surface area (Å²) in [6.07, 6.45) is 4.98. The van der Waals surface area contributed by atoms with Gasteiger partial charge < -0.3 is 10.1 Å². The Kier molecular flexibility index (Phi) is 7.20. The van der Waals surface area contributed by atoms with E-state index >= 15 is 0 Å². The van der Waals surface area contributed by atoms with Crippen LogP contribution in [0.2, 0.25) is 0 Å². The quantitative estimate of drug-likeness (QED) is 0.712. The van der Waals surface area contributed by atoms with Crippen molar-refractivity contribution in [3.8, 4) is 11.8 Å². The number of ether oxygens (including phenoxy) is 1. The van der Waals surface area contributed by atoms with Gasteiger partial charge >= 0.3 is 0 Å². The number of nitrogens with one attached hydrogen (secondary N) is 1. The van der Waals surface area contributed by atoms with Gasteiger partial charge in [0.2, 0.25) is 5.91 Å². The second kappa shape index (κ2) is 9.39. The highest BCUT2D eigenvalue weighted by molar-refractivity contribution is 8.03. The summed E-state index contributed by atoms with van der Waals surface area (Å²) in [6, 6.07) is 9.92. The van der Waals surface area contributed by atoms with E-state index in [1.165, 1.54) is 19.3 Å². The Labute approximate surface area is 148 Å². The topological polar surface area (TPSA) is 62.1 Å². The molecule has 0 aromatic heterocycles. The molecule has 0 saturated carbocycles. The molecule has 24 heavy (non-hydrogen) atoms. The molecule has 5 heteroatoms. The van der Waals surface area contributed by atoms with E-state index in [1.807, 2.05) is 24.3 Å². The van der Waals surface area contributed by atoms with Crippen LogP contribution in [0.5, 0.6) is 5.75 Å². The summed E-state index contributed by atoms with van der Waals surface area (Å²) in [5.41, 5.74) is 1.54. The van der Waals surface area contributed by atoms with E-state index in [0.29, 0.717) is 10.6 Å². The molecule has 1 aromatic rings. The van der Waals surface area contributed by atoms with Crippen LogP contribution in [0, 0.1) is 11.3 Å². The number of thioether (sulfide) groups is 1. The number of benzene rings is 1. The van der Waals surface area contributed by atoms with Crippen molar-refractivity contribution in [1.29, 1.82) is 5.26 Å². The van der Waals surface area contributed by atoms with Crippen molar-refractivity contribution in [3.63, 3.8) is 0 Å². The molecule has 1 atom stereocenters. The first kappa shape index (κ1) is 18.4. The number of allylic oxidation sites excluding steroid dienone is 1. The predicted octanol–water partition coefficient (Wildman–Crippen LogP) is 4.35. The molecule has 1 unspecified atom stereocenters. The van der Waals surface area contributed by atoms with Crippen LogP contribution in [0.25, 0.3) is 0 Å². The van der Waals surface area contributed by atoms with Crippen molar-refractivity contribution in [2.45, 2.75) is 44.9 Å². The zero-order valence-electron chi connectivity index (χ0n) is 14.3. The Hall–Kier alpha value is -1.93. The molecule has 1 N–H and O–H groups in total. The van der Waals surface area contributed by atoms with Gasteiger partial charge in [-0.25, -0.2) is 0 Å². The fraction of sp³-hybridized carbons (Fsp3) is 0.474. The lowest BCUT2D eigenvalue weighted by atomic mass is 9.86. The number of carbonyl (C=O) groups is 1. The van der Waals surface area contributed by atoms with Gasteiger partial charge in [0, 0.05) is 17.9 Å². The first-order valence-electron chi connectivity index (χ1n) is 8.41. The number of methoxy groups -OCH3 is 1. The molecule has 0 bridgehead atoms. The van der Waals surface area contributed by atoms with Gasteiger partial charge in [0.25, 0.3) is 0 Å². The van der Waals surface area contributed by atoms with Crippen molar-refractivity contribution < 1.29 is 9.53 Å². The van der Waals surface area contributed by atoms with Gasteiger partial charge in [0.1, 0.15) is 5.75 Å². The maximum absolute atomic E-state index is 12.1. The van der Waals surface area contributed by atoms with Crippen LogP contribution in [-0.2, 0) is 4.79 Å². The molecular formula is C19H24N2O2S. The lowest BCUT2D eigenvalue weighted by molar-refractivity contribution is -0.120. The Balaban J connectivity index is 2.22. The van der Waals surface area contributed by atoms with Crippen molar-refractivity contribution in [3.05, 3.63) is 40.4 Å². The minimum atomic E-state index is -0.238. The smallest absolute Gasteiger partial charge is 0.225 e. The molecule has 0 radical (unpaired) electrons. The van der Waals surface area contributed by atoms with E-state index in [9.17, 15) is 10.1 Å². The third-order valence-electron chi connectivity index (χ3n) is 4.11. The maximum Gasteiger partial charge on any atom is 0.225 e. The van der Waals surface area contributed by atoms with Gasteiger partial charge in [-0.05, 0) is 18.2 Å². The number of carbonyl (C=O) groups excluding carboxylic acids is 1. The summed E-state index contributed by atoms with van der Waals surface area (Å²) >= 11 is 1.58. The van der Waals surface area contributed by atoms with Crippen molar-refractivity contribution >= 4 is 17.7 Å². The number of amides is 1. The van der Waals surface area contributed by atoms with Crippen LogP contribution in [-0.4, -0.2) is 18.8 Å². The second-order valence-electron chi connectivity index (χ2n) is 5.81. The SMILES string of the molecule is CCCCCCSC1=C(C#N)C(c2ccccc2OC)CC(=O)N1. The number of hydrogen-bond donors (Lipinski definition) is 1. The zero-order valence-corrected chi connectivity index (χ0v) is 15.1. The highest BCUT2D eigenvalue weighted by atomic mass is 32.2. The van der Waals surface area contributed by atoms with E-state index in [1.54, 1.807) is 18.9 Å². The molecule has 1 aliphatic heterocycles. The highest BCUT2D eigenvalue weighted by Crippen LogP contribution is 2.39. The van der Waals surface area contributed by atoms with E-state index in [-0.39, 0.29) is 18.2 Å². The lowest BCUT2D eigenvalue weighted by Gasteiger charge is -2.26. The lowest BCUT2D eigenvalue weighted by Crippen LogP contribution is -2.31. The molecule has 0 spiro atoms. The standard InChI is InChI=1S/C19H24N2O2S/c1-3-4-5-8-11-24-19-16(13-20)15(12-18(22)21-19)14-9-6-7-10-17(14)23-2/h6-7,9-10,15H,3-5,8,11-12H2,1-2H3,(H,21,22). The minimum Gasteiger partial charge on any atom is -0.496 e. The Morgan fingerprint density at radius 2 is 2.12 bits per heavy atom. The maximum atomic E-state index is 12.1. The highest BCUT2D eigenvalue weighted by Gasteiger charge is 2.31. The van der Waals surface area contributed by atoms with Gasteiger partial charge in [-0.2, -0.15) is 5.26 Å². The fourth-order valence-electron chi connectivity index (χ4n) is 2.86. The van der Waals surface area contributed by atoms with Crippen LogP contribution in [0.4, 0.5) is 0 Å². The van der Waals surface area contributed by atoms with Gasteiger partial charge in [0.05, 0.1) is 23.8 Å². The first-order chi connectivity index (χ1) is 11.7. The van der Waals surface area contributed by atoms with Crippen molar-refractivity contribution in [2.75, 3.05) is 12.9 Å². The summed E-state index contributed by atoms with van der Waals surface area (Å²) in [5, 5.41) is 13.3. The van der Waals surface area contributed by atoms with Gasteiger partial charge in [-0.1, -0.05) is 44.4 Å². The average Bonchev–Trinajstić information content (AvgIpc) is 2.61. The third kappa shape index (κ3) is 4.55. The normalized spacial score (nSPS) is 17.4. The molecule has 1 heterocycles. The summed E-state index contributed by atoms with van der Waals surface area (Å²) in [7, 11) is 1.61. The molecular weight excluding hydrogens is 320 g/mol. The second-order valence-corrected chi connectivity index (χ2v) is 6.92. The molecule has 1 aromatic carbocycles. The molecule has 0 saturated heterocycles. The van der Waals surface area contributed by atoms with Crippen LogP contribution in [0.15, 0.2) is 34.9 Å². The van der Waals surface area contributed by atoms with E-state index < -0.39 is 0 Å². The largest absolute Gasteiger partial charge is 0.496 e. The van der Waals surface area contributed by atoms with Crippen LogP contribution >= 0.6 is 11.8 Å². The molecule has 2 rings (SSSR count). The minimum absolute atomic E-state index is 0.0408. The number of rotatable bonds is 8. The number of hydrogen-bond acceptors (Lipinski definition) is 4. The molecule has 0 aliphatic carbocycles. The summed E-state index contributed by atoms with van der Waals surface area (Å²) in [6.45, 7) is 2.18. The molecule has 1 aliphatic rings. The van der Waals surface area contributed by atoms with Gasteiger partial charge in [-0.15, -0.1) is 11.8 Å². The molecule has 1 amide bonds. The fourth-order valence-corrected chi connectivity index (χ4v) is 3.94. The Morgan fingerprint density at radius 1 is 1.33 bits per heavy atom. The van der Waals surface area contributed by atoms with Gasteiger partial charge in [0.15, 0.2) is 0 Å². The van der Waals surface area contributed by atoms with Gasteiger partial charge in [-0.3, -0.25) is 4.79 Å². The zero-order chi connectivity index (χ0) is 17.4. The van der Waals surface area contributed by atoms with Crippen molar-refractivity contribution in [1.82, 2.24) is 5.32 Å². The average molecular weight is 344 g/mol. The monoisotopic (exact) mass is 344 g/mol. The van der Waals surface area contributed by atoms with Crippen LogP contribution in [0.3, 0.4) is 0 Å². The summed E-state index contributed by atoms with van der Waals surface area (Å²) in [5.74, 6) is 1.36. The molecule has 128 valence electrons. The van der Waals surface area contributed by atoms with E-state index in [2.05, 4.69) is 18.3 Å². The van der Waals surface area contributed by atoms with E-state index in [0.717, 1.165) is 23.5 Å².